The van der Waals surface area contributed by atoms with Crippen LogP contribution in [0.1, 0.15) is 30.5 Å². The number of rotatable bonds is 5. The SMILES string of the molecule is O=C(CCCNC(=O)N1CCc2c([nH]c3ccc(Cl)cc23)C1)N[C@H]1CCS(=O)(=O)C1. The molecule has 0 saturated carbocycles. The van der Waals surface area contributed by atoms with E-state index in [1.54, 1.807) is 4.90 Å². The van der Waals surface area contributed by atoms with Crippen LogP contribution in [0.25, 0.3) is 10.9 Å². The Morgan fingerprint density at radius 2 is 2.13 bits per heavy atom. The Kier molecular flexibility index (Phi) is 5.92. The predicted molar refractivity (Wildman–Crippen MR) is 115 cm³/mol. The zero-order chi connectivity index (χ0) is 21.3. The molecule has 8 nitrogen and oxygen atoms in total. The molecule has 1 aromatic heterocycles. The fourth-order valence-electron chi connectivity index (χ4n) is 4.15. The molecule has 162 valence electrons. The number of amides is 3. The van der Waals surface area contributed by atoms with Crippen LogP contribution in [0.3, 0.4) is 0 Å². The van der Waals surface area contributed by atoms with Crippen molar-refractivity contribution < 1.29 is 18.0 Å². The summed E-state index contributed by atoms with van der Waals surface area (Å²) in [4.78, 5) is 29.6. The summed E-state index contributed by atoms with van der Waals surface area (Å²) in [6.45, 7) is 1.51. The number of halogens is 1. The van der Waals surface area contributed by atoms with Crippen molar-refractivity contribution in [2.45, 2.75) is 38.3 Å². The van der Waals surface area contributed by atoms with Gasteiger partial charge in [0, 0.05) is 47.2 Å². The van der Waals surface area contributed by atoms with Crippen LogP contribution in [0.15, 0.2) is 18.2 Å². The van der Waals surface area contributed by atoms with Gasteiger partial charge in [-0.1, -0.05) is 11.6 Å². The Balaban J connectivity index is 1.22. The minimum absolute atomic E-state index is 0.0202. The predicted octanol–water partition coefficient (Wildman–Crippen LogP) is 1.97. The van der Waals surface area contributed by atoms with E-state index >= 15 is 0 Å². The number of carbonyl (C=O) groups excluding carboxylic acids is 2. The molecular formula is C20H25ClN4O4S. The van der Waals surface area contributed by atoms with Gasteiger partial charge in [-0.25, -0.2) is 13.2 Å². The molecule has 3 N–H and O–H groups in total. The third-order valence-electron chi connectivity index (χ3n) is 5.68. The van der Waals surface area contributed by atoms with Crippen LogP contribution in [-0.2, 0) is 27.6 Å². The third-order valence-corrected chi connectivity index (χ3v) is 7.68. The smallest absolute Gasteiger partial charge is 0.317 e. The highest BCUT2D eigenvalue weighted by Crippen LogP contribution is 2.29. The summed E-state index contributed by atoms with van der Waals surface area (Å²) in [7, 11) is -3.01. The Bertz CT molecular complexity index is 1080. The second kappa shape index (κ2) is 8.47. The molecule has 1 fully saturated rings. The van der Waals surface area contributed by atoms with Crippen LogP contribution in [0.5, 0.6) is 0 Å². The van der Waals surface area contributed by atoms with E-state index in [1.165, 1.54) is 5.56 Å². The number of nitrogens with zero attached hydrogens (tertiary/aromatic N) is 1. The topological polar surface area (TPSA) is 111 Å². The second-order valence-corrected chi connectivity index (χ2v) is 10.6. The summed E-state index contributed by atoms with van der Waals surface area (Å²) >= 11 is 6.11. The third kappa shape index (κ3) is 4.73. The average molecular weight is 453 g/mol. The lowest BCUT2D eigenvalue weighted by Crippen LogP contribution is -2.43. The number of benzene rings is 1. The van der Waals surface area contributed by atoms with Crippen LogP contribution in [0.2, 0.25) is 5.02 Å². The van der Waals surface area contributed by atoms with Crippen molar-refractivity contribution in [3.8, 4) is 0 Å². The maximum Gasteiger partial charge on any atom is 0.317 e. The van der Waals surface area contributed by atoms with Gasteiger partial charge in [0.2, 0.25) is 5.91 Å². The first-order valence-electron chi connectivity index (χ1n) is 10.1. The number of carbonyl (C=O) groups is 2. The highest BCUT2D eigenvalue weighted by Gasteiger charge is 2.28. The van der Waals surface area contributed by atoms with E-state index in [9.17, 15) is 18.0 Å². The van der Waals surface area contributed by atoms with Gasteiger partial charge in [-0.15, -0.1) is 0 Å². The van der Waals surface area contributed by atoms with Crippen LogP contribution in [0.4, 0.5) is 4.79 Å². The lowest BCUT2D eigenvalue weighted by atomic mass is 10.0. The van der Waals surface area contributed by atoms with Gasteiger partial charge < -0.3 is 20.5 Å². The lowest BCUT2D eigenvalue weighted by molar-refractivity contribution is -0.121. The van der Waals surface area contributed by atoms with E-state index in [2.05, 4.69) is 15.6 Å². The molecule has 0 bridgehead atoms. The van der Waals surface area contributed by atoms with E-state index in [0.717, 1.165) is 23.0 Å². The molecule has 3 heterocycles. The van der Waals surface area contributed by atoms with Gasteiger partial charge >= 0.3 is 6.03 Å². The van der Waals surface area contributed by atoms with E-state index in [-0.39, 0.29) is 35.9 Å². The molecule has 3 amide bonds. The molecule has 0 radical (unpaired) electrons. The lowest BCUT2D eigenvalue weighted by Gasteiger charge is -2.27. The molecule has 30 heavy (non-hydrogen) atoms. The van der Waals surface area contributed by atoms with Crippen LogP contribution >= 0.6 is 11.6 Å². The summed E-state index contributed by atoms with van der Waals surface area (Å²) in [6, 6.07) is 5.31. The van der Waals surface area contributed by atoms with E-state index in [4.69, 9.17) is 11.6 Å². The van der Waals surface area contributed by atoms with Gasteiger partial charge in [-0.05, 0) is 43.0 Å². The Morgan fingerprint density at radius 3 is 2.90 bits per heavy atom. The van der Waals surface area contributed by atoms with E-state index < -0.39 is 9.84 Å². The number of fused-ring (bicyclic) bond motifs is 3. The average Bonchev–Trinajstić information content (AvgIpc) is 3.23. The molecule has 0 unspecified atom stereocenters. The molecule has 1 aromatic carbocycles. The normalized spacial score (nSPS) is 20.2. The zero-order valence-corrected chi connectivity index (χ0v) is 18.1. The number of aromatic amines is 1. The van der Waals surface area contributed by atoms with Gasteiger partial charge in [-0.3, -0.25) is 4.79 Å². The first-order valence-corrected chi connectivity index (χ1v) is 12.3. The van der Waals surface area contributed by atoms with Crippen LogP contribution in [-0.4, -0.2) is 60.9 Å². The Labute approximate surface area is 180 Å². The number of urea groups is 1. The highest BCUT2D eigenvalue weighted by atomic mass is 35.5. The number of aromatic nitrogens is 1. The summed E-state index contributed by atoms with van der Waals surface area (Å²) < 4.78 is 22.9. The molecule has 1 atom stereocenters. The molecule has 10 heteroatoms. The maximum absolute atomic E-state index is 12.5. The first-order chi connectivity index (χ1) is 14.3. The molecule has 2 aliphatic heterocycles. The minimum Gasteiger partial charge on any atom is -0.357 e. The van der Waals surface area contributed by atoms with Gasteiger partial charge in [0.05, 0.1) is 18.1 Å². The largest absolute Gasteiger partial charge is 0.357 e. The zero-order valence-electron chi connectivity index (χ0n) is 16.5. The molecule has 2 aliphatic rings. The fraction of sp³-hybridized carbons (Fsp3) is 0.500. The van der Waals surface area contributed by atoms with Crippen molar-refractivity contribution >= 4 is 44.3 Å². The number of hydrogen-bond acceptors (Lipinski definition) is 4. The second-order valence-electron chi connectivity index (χ2n) is 7.95. The number of hydrogen-bond donors (Lipinski definition) is 3. The maximum atomic E-state index is 12.5. The van der Waals surface area contributed by atoms with Crippen molar-refractivity contribution in [2.75, 3.05) is 24.6 Å². The van der Waals surface area contributed by atoms with Gasteiger partial charge in [0.15, 0.2) is 9.84 Å². The molecular weight excluding hydrogens is 428 g/mol. The number of nitrogens with one attached hydrogen (secondary N) is 3. The van der Waals surface area contributed by atoms with Crippen molar-refractivity contribution in [3.63, 3.8) is 0 Å². The summed E-state index contributed by atoms with van der Waals surface area (Å²) in [5, 5.41) is 7.43. The van der Waals surface area contributed by atoms with Gasteiger partial charge in [0.25, 0.3) is 0 Å². The first kappa shape index (κ1) is 21.0. The monoisotopic (exact) mass is 452 g/mol. The standard InChI is InChI=1S/C20H25ClN4O4S/c21-13-3-4-17-16(10-13)15-5-8-25(11-18(15)24-17)20(27)22-7-1-2-19(26)23-14-6-9-30(28,29)12-14/h3-4,10,14,24H,1-2,5-9,11-12H2,(H,22,27)(H,23,26)/t14-/m0/s1. The van der Waals surface area contributed by atoms with E-state index in [0.29, 0.717) is 37.5 Å². The van der Waals surface area contributed by atoms with E-state index in [1.807, 2.05) is 18.2 Å². The molecule has 4 rings (SSSR count). The summed E-state index contributed by atoms with van der Waals surface area (Å²) in [6.07, 6.45) is 1.99. The fourth-order valence-corrected chi connectivity index (χ4v) is 6.00. The molecule has 2 aromatic rings. The molecule has 1 saturated heterocycles. The van der Waals surface area contributed by atoms with Gasteiger partial charge in [0.1, 0.15) is 0 Å². The molecule has 0 aliphatic carbocycles. The summed E-state index contributed by atoms with van der Waals surface area (Å²) in [5.41, 5.74) is 3.26. The highest BCUT2D eigenvalue weighted by molar-refractivity contribution is 7.91. The minimum atomic E-state index is -3.01. The van der Waals surface area contributed by atoms with Crippen LogP contribution < -0.4 is 10.6 Å². The van der Waals surface area contributed by atoms with Crippen molar-refractivity contribution in [1.29, 1.82) is 0 Å². The van der Waals surface area contributed by atoms with Crippen molar-refractivity contribution in [3.05, 3.63) is 34.5 Å². The number of sulfone groups is 1. The summed E-state index contributed by atoms with van der Waals surface area (Å²) in [5.74, 6) is -0.0212. The van der Waals surface area contributed by atoms with Gasteiger partial charge in [-0.2, -0.15) is 0 Å². The number of H-pyrrole nitrogens is 1. The van der Waals surface area contributed by atoms with Crippen LogP contribution in [0, 0.1) is 0 Å². The Morgan fingerprint density at radius 1 is 1.30 bits per heavy atom. The quantitative estimate of drug-likeness (QED) is 0.602. The van der Waals surface area contributed by atoms with Crippen molar-refractivity contribution in [1.82, 2.24) is 20.5 Å². The molecule has 0 spiro atoms. The van der Waals surface area contributed by atoms with Crippen molar-refractivity contribution in [2.24, 2.45) is 0 Å². The Hall–Kier alpha value is -2.26.